The number of likely N-dealkylation sites (tertiary alicyclic amines) is 1. The first-order valence-corrected chi connectivity index (χ1v) is 7.31. The van der Waals surface area contributed by atoms with E-state index < -0.39 is 5.60 Å². The van der Waals surface area contributed by atoms with Crippen LogP contribution in [0.25, 0.3) is 0 Å². The van der Waals surface area contributed by atoms with Gasteiger partial charge in [0.1, 0.15) is 11.5 Å². The highest BCUT2D eigenvalue weighted by atomic mass is 19.1. The quantitative estimate of drug-likeness (QED) is 0.899. The van der Waals surface area contributed by atoms with E-state index >= 15 is 0 Å². The molecule has 1 saturated heterocycles. The summed E-state index contributed by atoms with van der Waals surface area (Å²) in [4.78, 5) is 20.4. The van der Waals surface area contributed by atoms with Crippen molar-refractivity contribution in [2.75, 3.05) is 13.1 Å². The summed E-state index contributed by atoms with van der Waals surface area (Å²) in [7, 11) is 0. The van der Waals surface area contributed by atoms with Crippen LogP contribution in [0.15, 0.2) is 41.5 Å². The van der Waals surface area contributed by atoms with Gasteiger partial charge in [0.25, 0.3) is 5.56 Å². The number of hydrogen-bond acceptors (Lipinski definition) is 4. The standard InChI is InChI=1S/C16H18FN3O2/c17-13-4-2-1-3-12(13)16(22)5-9-20(10-6-16)11-14-15(21)19-8-7-18-14/h1-4,7-8,22H,5-6,9-11H2,(H,19,21). The lowest BCUT2D eigenvalue weighted by atomic mass is 9.84. The van der Waals surface area contributed by atoms with Gasteiger partial charge in [-0.2, -0.15) is 0 Å². The van der Waals surface area contributed by atoms with Crippen molar-refractivity contribution in [2.24, 2.45) is 0 Å². The highest BCUT2D eigenvalue weighted by Gasteiger charge is 2.36. The molecule has 2 heterocycles. The number of H-pyrrole nitrogens is 1. The van der Waals surface area contributed by atoms with Crippen LogP contribution in [0, 0.1) is 5.82 Å². The Morgan fingerprint density at radius 2 is 2.05 bits per heavy atom. The third-order valence-corrected chi connectivity index (χ3v) is 4.21. The number of aromatic amines is 1. The molecule has 0 aliphatic carbocycles. The van der Waals surface area contributed by atoms with Crippen molar-refractivity contribution < 1.29 is 9.50 Å². The van der Waals surface area contributed by atoms with E-state index in [2.05, 4.69) is 9.97 Å². The number of benzene rings is 1. The van der Waals surface area contributed by atoms with Crippen molar-refractivity contribution in [1.29, 1.82) is 0 Å². The molecule has 0 saturated carbocycles. The molecule has 1 aromatic carbocycles. The third-order valence-electron chi connectivity index (χ3n) is 4.21. The molecule has 2 N–H and O–H groups in total. The second kappa shape index (κ2) is 5.98. The highest BCUT2D eigenvalue weighted by molar-refractivity contribution is 5.25. The maximum absolute atomic E-state index is 13.9. The van der Waals surface area contributed by atoms with Gasteiger partial charge in [-0.1, -0.05) is 18.2 Å². The molecule has 0 spiro atoms. The van der Waals surface area contributed by atoms with E-state index in [1.54, 1.807) is 24.4 Å². The first-order valence-electron chi connectivity index (χ1n) is 7.31. The number of halogens is 1. The van der Waals surface area contributed by atoms with Gasteiger partial charge in [0, 0.05) is 37.6 Å². The van der Waals surface area contributed by atoms with Gasteiger partial charge >= 0.3 is 0 Å². The highest BCUT2D eigenvalue weighted by Crippen LogP contribution is 2.34. The van der Waals surface area contributed by atoms with E-state index in [4.69, 9.17) is 0 Å². The Labute approximate surface area is 127 Å². The zero-order chi connectivity index (χ0) is 15.6. The Hall–Kier alpha value is -2.05. The zero-order valence-corrected chi connectivity index (χ0v) is 12.1. The molecule has 0 radical (unpaired) electrons. The normalized spacial score (nSPS) is 18.3. The van der Waals surface area contributed by atoms with Gasteiger partial charge in [0.15, 0.2) is 0 Å². The van der Waals surface area contributed by atoms with Crippen molar-refractivity contribution in [2.45, 2.75) is 25.0 Å². The fourth-order valence-electron chi connectivity index (χ4n) is 2.90. The lowest BCUT2D eigenvalue weighted by molar-refractivity contribution is -0.0305. The molecule has 0 unspecified atom stereocenters. The van der Waals surface area contributed by atoms with Gasteiger partial charge in [0.2, 0.25) is 0 Å². The lowest BCUT2D eigenvalue weighted by Crippen LogP contribution is -2.43. The van der Waals surface area contributed by atoms with E-state index in [0.29, 0.717) is 43.7 Å². The molecule has 1 aliphatic rings. The summed E-state index contributed by atoms with van der Waals surface area (Å²) in [5.74, 6) is -0.375. The largest absolute Gasteiger partial charge is 0.385 e. The average molecular weight is 303 g/mol. The van der Waals surface area contributed by atoms with E-state index in [1.165, 1.54) is 12.3 Å². The van der Waals surface area contributed by atoms with Crippen LogP contribution in [0.2, 0.25) is 0 Å². The van der Waals surface area contributed by atoms with E-state index in [0.717, 1.165) is 0 Å². The van der Waals surface area contributed by atoms with Crippen molar-refractivity contribution in [1.82, 2.24) is 14.9 Å². The summed E-state index contributed by atoms with van der Waals surface area (Å²) in [5, 5.41) is 10.7. The van der Waals surface area contributed by atoms with Crippen LogP contribution in [-0.4, -0.2) is 33.1 Å². The second-order valence-electron chi connectivity index (χ2n) is 5.65. The van der Waals surface area contributed by atoms with Crippen molar-refractivity contribution in [3.05, 3.63) is 64.1 Å². The first kappa shape index (κ1) is 14.9. The fourth-order valence-corrected chi connectivity index (χ4v) is 2.90. The average Bonchev–Trinajstić information content (AvgIpc) is 2.52. The van der Waals surface area contributed by atoms with E-state index in [1.807, 2.05) is 4.90 Å². The topological polar surface area (TPSA) is 69.2 Å². The summed E-state index contributed by atoms with van der Waals surface area (Å²) in [6.07, 6.45) is 3.91. The minimum Gasteiger partial charge on any atom is -0.385 e. The van der Waals surface area contributed by atoms with Gasteiger partial charge in [0.05, 0.1) is 5.60 Å². The summed E-state index contributed by atoms with van der Waals surface area (Å²) < 4.78 is 13.9. The van der Waals surface area contributed by atoms with Crippen molar-refractivity contribution in [3.63, 3.8) is 0 Å². The van der Waals surface area contributed by atoms with Gasteiger partial charge in [-0.3, -0.25) is 14.7 Å². The van der Waals surface area contributed by atoms with Gasteiger partial charge in [-0.25, -0.2) is 4.39 Å². The molecule has 0 amide bonds. The smallest absolute Gasteiger partial charge is 0.270 e. The number of rotatable bonds is 3. The molecule has 116 valence electrons. The molecule has 2 aromatic rings. The first-order chi connectivity index (χ1) is 10.6. The minimum absolute atomic E-state index is 0.197. The predicted octanol–water partition coefficient (Wildman–Crippen LogP) is 1.39. The molecule has 5 nitrogen and oxygen atoms in total. The van der Waals surface area contributed by atoms with E-state index in [-0.39, 0.29) is 11.4 Å². The number of piperidine rings is 1. The number of aliphatic hydroxyl groups is 1. The van der Waals surface area contributed by atoms with Crippen LogP contribution in [0.1, 0.15) is 24.1 Å². The van der Waals surface area contributed by atoms with Crippen molar-refractivity contribution >= 4 is 0 Å². The Morgan fingerprint density at radius 3 is 2.73 bits per heavy atom. The van der Waals surface area contributed by atoms with E-state index in [9.17, 15) is 14.3 Å². The summed E-state index contributed by atoms with van der Waals surface area (Å²) >= 11 is 0. The maximum Gasteiger partial charge on any atom is 0.270 e. The second-order valence-corrected chi connectivity index (χ2v) is 5.65. The Kier molecular flexibility index (Phi) is 4.04. The van der Waals surface area contributed by atoms with Gasteiger partial charge in [-0.05, 0) is 18.9 Å². The SMILES string of the molecule is O=c1[nH]ccnc1CN1CCC(O)(c2ccccc2F)CC1. The summed E-state index contributed by atoms with van der Waals surface area (Å²) in [6, 6.07) is 6.35. The molecule has 0 bridgehead atoms. The Morgan fingerprint density at radius 1 is 1.32 bits per heavy atom. The van der Waals surface area contributed by atoms with Crippen LogP contribution in [0.4, 0.5) is 4.39 Å². The lowest BCUT2D eigenvalue weighted by Gasteiger charge is -2.38. The maximum atomic E-state index is 13.9. The molecule has 6 heteroatoms. The van der Waals surface area contributed by atoms with Crippen LogP contribution >= 0.6 is 0 Å². The number of nitrogens with one attached hydrogen (secondary N) is 1. The molecule has 22 heavy (non-hydrogen) atoms. The Bertz CT molecular complexity index is 708. The van der Waals surface area contributed by atoms with Crippen LogP contribution < -0.4 is 5.56 Å². The van der Waals surface area contributed by atoms with Gasteiger partial charge in [-0.15, -0.1) is 0 Å². The number of hydrogen-bond donors (Lipinski definition) is 2. The van der Waals surface area contributed by atoms with Crippen molar-refractivity contribution in [3.8, 4) is 0 Å². The minimum atomic E-state index is -1.14. The third kappa shape index (κ3) is 2.93. The predicted molar refractivity (Wildman–Crippen MR) is 79.7 cm³/mol. The zero-order valence-electron chi connectivity index (χ0n) is 12.1. The van der Waals surface area contributed by atoms with Crippen LogP contribution in [0.3, 0.4) is 0 Å². The molecule has 1 aromatic heterocycles. The fraction of sp³-hybridized carbons (Fsp3) is 0.375. The molecule has 1 aliphatic heterocycles. The summed E-state index contributed by atoms with van der Waals surface area (Å²) in [5.41, 5.74) is -0.528. The number of aromatic nitrogens is 2. The molecular formula is C16H18FN3O2. The Balaban J connectivity index is 1.69. The molecule has 3 rings (SSSR count). The van der Waals surface area contributed by atoms with Crippen LogP contribution in [0.5, 0.6) is 0 Å². The monoisotopic (exact) mass is 303 g/mol. The molecule has 0 atom stereocenters. The molecule has 1 fully saturated rings. The van der Waals surface area contributed by atoms with Crippen LogP contribution in [-0.2, 0) is 12.1 Å². The summed E-state index contributed by atoms with van der Waals surface area (Å²) in [6.45, 7) is 1.60. The molecular weight excluding hydrogens is 285 g/mol. The van der Waals surface area contributed by atoms with Gasteiger partial charge < -0.3 is 10.1 Å². The number of nitrogens with zero attached hydrogens (tertiary/aromatic N) is 2.